The molecule has 1 saturated heterocycles. The van der Waals surface area contributed by atoms with Gasteiger partial charge in [-0.3, -0.25) is 4.98 Å². The molecule has 2 heterocycles. The summed E-state index contributed by atoms with van der Waals surface area (Å²) >= 11 is 3.66. The van der Waals surface area contributed by atoms with E-state index < -0.39 is 0 Å². The molecule has 0 spiro atoms. The van der Waals surface area contributed by atoms with Crippen LogP contribution in [-0.2, 0) is 0 Å². The Labute approximate surface area is 116 Å². The SMILES string of the molecule is BrCC1CCCCN1c1ccnc2ccccc12. The van der Waals surface area contributed by atoms with Crippen molar-refractivity contribution >= 4 is 32.5 Å². The number of alkyl halides is 1. The second-order valence-corrected chi connectivity index (χ2v) is 5.49. The molecule has 0 radical (unpaired) electrons. The summed E-state index contributed by atoms with van der Waals surface area (Å²) in [6.07, 6.45) is 5.84. The number of fused-ring (bicyclic) bond motifs is 1. The third-order valence-corrected chi connectivity index (χ3v) is 4.49. The Morgan fingerprint density at radius 1 is 1.22 bits per heavy atom. The third kappa shape index (κ3) is 2.12. The van der Waals surface area contributed by atoms with Crippen LogP contribution in [0.2, 0.25) is 0 Å². The zero-order valence-corrected chi connectivity index (χ0v) is 11.9. The lowest BCUT2D eigenvalue weighted by Crippen LogP contribution is -2.40. The molecule has 0 aliphatic carbocycles. The van der Waals surface area contributed by atoms with Crippen molar-refractivity contribution < 1.29 is 0 Å². The quantitative estimate of drug-likeness (QED) is 0.780. The number of pyridine rings is 1. The molecule has 1 aliphatic rings. The summed E-state index contributed by atoms with van der Waals surface area (Å²) in [5.74, 6) is 0. The molecule has 0 N–H and O–H groups in total. The molecule has 0 saturated carbocycles. The number of aromatic nitrogens is 1. The second kappa shape index (κ2) is 5.27. The van der Waals surface area contributed by atoms with E-state index in [1.807, 2.05) is 6.20 Å². The number of hydrogen-bond acceptors (Lipinski definition) is 2. The van der Waals surface area contributed by atoms with Gasteiger partial charge in [-0.1, -0.05) is 34.1 Å². The van der Waals surface area contributed by atoms with E-state index in [1.54, 1.807) is 0 Å². The topological polar surface area (TPSA) is 16.1 Å². The molecule has 3 heteroatoms. The molecular weight excluding hydrogens is 288 g/mol. The maximum Gasteiger partial charge on any atom is 0.0722 e. The highest BCUT2D eigenvalue weighted by Crippen LogP contribution is 2.31. The Morgan fingerprint density at radius 2 is 2.11 bits per heavy atom. The first-order valence-electron chi connectivity index (χ1n) is 6.56. The van der Waals surface area contributed by atoms with Crippen molar-refractivity contribution in [3.8, 4) is 0 Å². The van der Waals surface area contributed by atoms with E-state index in [-0.39, 0.29) is 0 Å². The van der Waals surface area contributed by atoms with Crippen LogP contribution in [0.25, 0.3) is 10.9 Å². The summed E-state index contributed by atoms with van der Waals surface area (Å²) in [4.78, 5) is 6.99. The number of halogens is 1. The van der Waals surface area contributed by atoms with E-state index in [4.69, 9.17) is 0 Å². The Bertz CT molecular complexity index is 536. The summed E-state index contributed by atoms with van der Waals surface area (Å²) in [5, 5.41) is 2.32. The van der Waals surface area contributed by atoms with Crippen molar-refractivity contribution in [2.45, 2.75) is 25.3 Å². The van der Waals surface area contributed by atoms with Gasteiger partial charge in [0.1, 0.15) is 0 Å². The molecule has 1 fully saturated rings. The summed E-state index contributed by atoms with van der Waals surface area (Å²) < 4.78 is 0. The van der Waals surface area contributed by atoms with Crippen LogP contribution >= 0.6 is 15.9 Å². The molecule has 2 aromatic rings. The predicted molar refractivity (Wildman–Crippen MR) is 80.5 cm³/mol. The summed E-state index contributed by atoms with van der Waals surface area (Å²) in [5.41, 5.74) is 2.43. The molecule has 1 atom stereocenters. The Kier molecular flexibility index (Phi) is 3.50. The Morgan fingerprint density at radius 3 is 3.00 bits per heavy atom. The highest BCUT2D eigenvalue weighted by molar-refractivity contribution is 9.09. The van der Waals surface area contributed by atoms with Gasteiger partial charge in [0, 0.05) is 35.2 Å². The highest BCUT2D eigenvalue weighted by atomic mass is 79.9. The summed E-state index contributed by atoms with van der Waals surface area (Å²) in [6.45, 7) is 1.16. The average Bonchev–Trinajstić information content (AvgIpc) is 2.46. The Balaban J connectivity index is 2.07. The number of nitrogens with zero attached hydrogens (tertiary/aromatic N) is 2. The van der Waals surface area contributed by atoms with Gasteiger partial charge >= 0.3 is 0 Å². The molecular formula is C15H17BrN2. The number of benzene rings is 1. The minimum atomic E-state index is 0.615. The second-order valence-electron chi connectivity index (χ2n) is 4.84. The van der Waals surface area contributed by atoms with Gasteiger partial charge in [0.2, 0.25) is 0 Å². The fourth-order valence-corrected chi connectivity index (χ4v) is 3.48. The minimum Gasteiger partial charge on any atom is -0.367 e. The number of hydrogen-bond donors (Lipinski definition) is 0. The van der Waals surface area contributed by atoms with Crippen LogP contribution in [0.1, 0.15) is 19.3 Å². The van der Waals surface area contributed by atoms with E-state index in [2.05, 4.69) is 56.1 Å². The van der Waals surface area contributed by atoms with Gasteiger partial charge in [-0.25, -0.2) is 0 Å². The van der Waals surface area contributed by atoms with Gasteiger partial charge in [-0.05, 0) is 31.4 Å². The summed E-state index contributed by atoms with van der Waals surface area (Å²) in [7, 11) is 0. The molecule has 0 bridgehead atoms. The van der Waals surface area contributed by atoms with Crippen molar-refractivity contribution in [1.29, 1.82) is 0 Å². The lowest BCUT2D eigenvalue weighted by Gasteiger charge is -2.37. The van der Waals surface area contributed by atoms with Crippen LogP contribution in [0.3, 0.4) is 0 Å². The normalized spacial score (nSPS) is 20.3. The molecule has 1 aliphatic heterocycles. The van der Waals surface area contributed by atoms with Gasteiger partial charge in [-0.2, -0.15) is 0 Å². The maximum atomic E-state index is 4.45. The molecule has 18 heavy (non-hydrogen) atoms. The number of para-hydroxylation sites is 1. The molecule has 1 aromatic carbocycles. The van der Waals surface area contributed by atoms with E-state index in [1.165, 1.54) is 30.3 Å². The highest BCUT2D eigenvalue weighted by Gasteiger charge is 2.22. The van der Waals surface area contributed by atoms with Crippen LogP contribution in [0.4, 0.5) is 5.69 Å². The smallest absolute Gasteiger partial charge is 0.0722 e. The molecule has 2 nitrogen and oxygen atoms in total. The van der Waals surface area contributed by atoms with Crippen molar-refractivity contribution in [3.05, 3.63) is 36.5 Å². The number of anilines is 1. The third-order valence-electron chi connectivity index (χ3n) is 3.74. The van der Waals surface area contributed by atoms with Crippen LogP contribution in [-0.4, -0.2) is 22.9 Å². The van der Waals surface area contributed by atoms with Crippen LogP contribution < -0.4 is 4.90 Å². The zero-order valence-electron chi connectivity index (χ0n) is 10.3. The van der Waals surface area contributed by atoms with Crippen LogP contribution in [0, 0.1) is 0 Å². The van der Waals surface area contributed by atoms with Gasteiger partial charge in [0.15, 0.2) is 0 Å². The monoisotopic (exact) mass is 304 g/mol. The van der Waals surface area contributed by atoms with E-state index in [9.17, 15) is 0 Å². The molecule has 1 aromatic heterocycles. The first-order chi connectivity index (χ1) is 8.90. The van der Waals surface area contributed by atoms with E-state index in [0.717, 1.165) is 17.4 Å². The van der Waals surface area contributed by atoms with Crippen LogP contribution in [0.5, 0.6) is 0 Å². The fourth-order valence-electron chi connectivity index (χ4n) is 2.81. The van der Waals surface area contributed by atoms with Crippen molar-refractivity contribution in [2.75, 3.05) is 16.8 Å². The first kappa shape index (κ1) is 12.0. The van der Waals surface area contributed by atoms with Gasteiger partial charge in [-0.15, -0.1) is 0 Å². The minimum absolute atomic E-state index is 0.615. The standard InChI is InChI=1S/C15H17BrN2/c16-11-12-5-3-4-10-18(12)15-8-9-17-14-7-2-1-6-13(14)15/h1-2,6-9,12H,3-5,10-11H2. The summed E-state index contributed by atoms with van der Waals surface area (Å²) in [6, 6.07) is 11.2. The lowest BCUT2D eigenvalue weighted by atomic mass is 10.0. The number of piperidine rings is 1. The first-order valence-corrected chi connectivity index (χ1v) is 7.68. The van der Waals surface area contributed by atoms with Crippen molar-refractivity contribution in [3.63, 3.8) is 0 Å². The molecule has 3 rings (SSSR count). The Hall–Kier alpha value is -1.09. The average molecular weight is 305 g/mol. The zero-order chi connectivity index (χ0) is 12.4. The number of rotatable bonds is 2. The molecule has 94 valence electrons. The van der Waals surface area contributed by atoms with Gasteiger partial charge in [0.05, 0.1) is 5.52 Å². The van der Waals surface area contributed by atoms with Gasteiger partial charge < -0.3 is 4.90 Å². The fraction of sp³-hybridized carbons (Fsp3) is 0.400. The van der Waals surface area contributed by atoms with E-state index in [0.29, 0.717) is 6.04 Å². The van der Waals surface area contributed by atoms with Crippen LogP contribution in [0.15, 0.2) is 36.5 Å². The van der Waals surface area contributed by atoms with Gasteiger partial charge in [0.25, 0.3) is 0 Å². The maximum absolute atomic E-state index is 4.45. The molecule has 0 amide bonds. The predicted octanol–water partition coefficient (Wildman–Crippen LogP) is 3.99. The van der Waals surface area contributed by atoms with Crippen molar-refractivity contribution in [2.24, 2.45) is 0 Å². The lowest BCUT2D eigenvalue weighted by molar-refractivity contribution is 0.492. The largest absolute Gasteiger partial charge is 0.367 e. The van der Waals surface area contributed by atoms with Crippen molar-refractivity contribution in [1.82, 2.24) is 4.98 Å². The van der Waals surface area contributed by atoms with E-state index >= 15 is 0 Å². The molecule has 1 unspecified atom stereocenters.